The van der Waals surface area contributed by atoms with Crippen LogP contribution in [0.1, 0.15) is 23.7 Å². The summed E-state index contributed by atoms with van der Waals surface area (Å²) in [5, 5.41) is 13.5. The van der Waals surface area contributed by atoms with Gasteiger partial charge in [0.25, 0.3) is 11.6 Å². The van der Waals surface area contributed by atoms with Crippen molar-refractivity contribution in [3.63, 3.8) is 0 Å². The van der Waals surface area contributed by atoms with E-state index in [1.165, 1.54) is 7.05 Å². The molecule has 21 heavy (non-hydrogen) atoms. The van der Waals surface area contributed by atoms with Crippen molar-refractivity contribution in [2.75, 3.05) is 20.1 Å². The molecule has 0 radical (unpaired) electrons. The van der Waals surface area contributed by atoms with E-state index in [-0.39, 0.29) is 23.2 Å². The number of rotatable bonds is 6. The molecule has 114 valence electrons. The molecule has 9 heteroatoms. The summed E-state index contributed by atoms with van der Waals surface area (Å²) >= 11 is 5.66. The lowest BCUT2D eigenvalue weighted by Gasteiger charge is -2.16. The first-order chi connectivity index (χ1) is 9.86. The number of carbonyl (C=O) groups is 2. The molecule has 0 fully saturated rings. The highest BCUT2D eigenvalue weighted by Gasteiger charge is 2.25. The van der Waals surface area contributed by atoms with Crippen LogP contribution in [-0.4, -0.2) is 46.8 Å². The van der Waals surface area contributed by atoms with Crippen LogP contribution in [0.25, 0.3) is 0 Å². The molecule has 1 N–H and O–H groups in total. The van der Waals surface area contributed by atoms with Crippen LogP contribution in [0.15, 0.2) is 12.3 Å². The van der Waals surface area contributed by atoms with E-state index in [1.807, 2.05) is 6.92 Å². The van der Waals surface area contributed by atoms with Crippen LogP contribution in [0.5, 0.6) is 0 Å². The van der Waals surface area contributed by atoms with Gasteiger partial charge in [0.15, 0.2) is 0 Å². The molecule has 2 amide bonds. The lowest BCUT2D eigenvalue weighted by molar-refractivity contribution is -0.385. The number of likely N-dealkylation sites (N-methyl/N-ethyl adjacent to an activating group) is 1. The second kappa shape index (κ2) is 7.53. The molecule has 8 nitrogen and oxygen atoms in total. The molecule has 1 rings (SSSR count). The molecule has 0 atom stereocenters. The zero-order valence-electron chi connectivity index (χ0n) is 11.6. The Morgan fingerprint density at radius 1 is 1.52 bits per heavy atom. The smallest absolute Gasteiger partial charge is 0.300 e. The summed E-state index contributed by atoms with van der Waals surface area (Å²) in [6.07, 6.45) is 1.69. The number of nitrogens with one attached hydrogen (secondary N) is 1. The molecule has 0 aromatic carbocycles. The Hall–Kier alpha value is -2.22. The molecule has 1 heterocycles. The predicted octanol–water partition coefficient (Wildman–Crippen LogP) is 1.24. The third-order valence-corrected chi connectivity index (χ3v) is 2.78. The predicted molar refractivity (Wildman–Crippen MR) is 76.2 cm³/mol. The van der Waals surface area contributed by atoms with E-state index >= 15 is 0 Å². The Balaban J connectivity index is 2.90. The maximum Gasteiger partial charge on any atom is 0.300 e. The largest absolute Gasteiger partial charge is 0.355 e. The second-order valence-electron chi connectivity index (χ2n) is 4.29. The summed E-state index contributed by atoms with van der Waals surface area (Å²) in [5.41, 5.74) is -0.656. The van der Waals surface area contributed by atoms with E-state index in [9.17, 15) is 19.7 Å². The Morgan fingerprint density at radius 3 is 2.76 bits per heavy atom. The molecule has 0 aliphatic rings. The fourth-order valence-electron chi connectivity index (χ4n) is 1.55. The number of nitro groups is 1. The minimum atomic E-state index is -0.721. The van der Waals surface area contributed by atoms with Gasteiger partial charge < -0.3 is 10.2 Å². The van der Waals surface area contributed by atoms with Gasteiger partial charge in [0, 0.05) is 13.6 Å². The zero-order valence-corrected chi connectivity index (χ0v) is 12.4. The van der Waals surface area contributed by atoms with Gasteiger partial charge in [0.1, 0.15) is 16.9 Å². The third kappa shape index (κ3) is 4.67. The van der Waals surface area contributed by atoms with E-state index < -0.39 is 16.5 Å². The highest BCUT2D eigenvalue weighted by atomic mass is 35.5. The monoisotopic (exact) mass is 314 g/mol. The van der Waals surface area contributed by atoms with E-state index in [2.05, 4.69) is 10.3 Å². The van der Waals surface area contributed by atoms with Gasteiger partial charge in [0.2, 0.25) is 5.91 Å². The van der Waals surface area contributed by atoms with Gasteiger partial charge in [-0.2, -0.15) is 0 Å². The number of pyridine rings is 1. The van der Waals surface area contributed by atoms with Crippen LogP contribution in [-0.2, 0) is 4.79 Å². The Kier molecular flexibility index (Phi) is 6.04. The van der Waals surface area contributed by atoms with Crippen LogP contribution >= 0.6 is 11.6 Å². The SMILES string of the molecule is CCCNC(=O)CN(C)C(=O)c1cc(Cl)ncc1[N+](=O)[O-]. The number of nitrogens with zero attached hydrogens (tertiary/aromatic N) is 3. The molecular weight excluding hydrogens is 300 g/mol. The van der Waals surface area contributed by atoms with Crippen LogP contribution in [0.3, 0.4) is 0 Å². The van der Waals surface area contributed by atoms with Gasteiger partial charge in [-0.3, -0.25) is 19.7 Å². The van der Waals surface area contributed by atoms with Crippen LogP contribution in [0.4, 0.5) is 5.69 Å². The van der Waals surface area contributed by atoms with E-state index in [0.29, 0.717) is 6.54 Å². The summed E-state index contributed by atoms with van der Waals surface area (Å²) in [6, 6.07) is 1.11. The van der Waals surface area contributed by atoms with Gasteiger partial charge in [-0.1, -0.05) is 18.5 Å². The van der Waals surface area contributed by atoms with E-state index in [4.69, 9.17) is 11.6 Å². The number of hydrogen-bond acceptors (Lipinski definition) is 5. The number of aromatic nitrogens is 1. The molecule has 0 saturated carbocycles. The summed E-state index contributed by atoms with van der Waals surface area (Å²) in [7, 11) is 1.38. The van der Waals surface area contributed by atoms with Crippen molar-refractivity contribution >= 4 is 29.1 Å². The quantitative estimate of drug-likeness (QED) is 0.483. The molecular formula is C12H15ClN4O4. The molecule has 0 aliphatic carbocycles. The third-order valence-electron chi connectivity index (χ3n) is 2.58. The van der Waals surface area contributed by atoms with E-state index in [1.54, 1.807) is 0 Å². The normalized spacial score (nSPS) is 10.0. The highest BCUT2D eigenvalue weighted by Crippen LogP contribution is 2.21. The summed E-state index contributed by atoms with van der Waals surface area (Å²) in [6.45, 7) is 2.20. The van der Waals surface area contributed by atoms with Crippen molar-refractivity contribution in [2.24, 2.45) is 0 Å². The van der Waals surface area contributed by atoms with Crippen molar-refractivity contribution in [1.82, 2.24) is 15.2 Å². The molecule has 0 saturated heterocycles. The maximum atomic E-state index is 12.2. The minimum absolute atomic E-state index is 0.0345. The highest BCUT2D eigenvalue weighted by molar-refractivity contribution is 6.29. The lowest BCUT2D eigenvalue weighted by Crippen LogP contribution is -2.38. The second-order valence-corrected chi connectivity index (χ2v) is 4.68. The van der Waals surface area contributed by atoms with Gasteiger partial charge in [-0.05, 0) is 12.5 Å². The first-order valence-corrected chi connectivity index (χ1v) is 6.56. The Labute approximate surface area is 126 Å². The van der Waals surface area contributed by atoms with Crippen molar-refractivity contribution in [2.45, 2.75) is 13.3 Å². The molecule has 0 bridgehead atoms. The van der Waals surface area contributed by atoms with Crippen LogP contribution in [0.2, 0.25) is 5.15 Å². The summed E-state index contributed by atoms with van der Waals surface area (Å²) < 4.78 is 0. The average Bonchev–Trinajstić information content (AvgIpc) is 2.43. The molecule has 0 spiro atoms. The van der Waals surface area contributed by atoms with Crippen molar-refractivity contribution in [3.8, 4) is 0 Å². The lowest BCUT2D eigenvalue weighted by atomic mass is 10.2. The van der Waals surface area contributed by atoms with Gasteiger partial charge in [0.05, 0.1) is 11.5 Å². The number of hydrogen-bond donors (Lipinski definition) is 1. The van der Waals surface area contributed by atoms with E-state index in [0.717, 1.165) is 23.6 Å². The first-order valence-electron chi connectivity index (χ1n) is 6.19. The number of halogens is 1. The number of amides is 2. The molecule has 0 aliphatic heterocycles. The van der Waals surface area contributed by atoms with Crippen molar-refractivity contribution < 1.29 is 14.5 Å². The van der Waals surface area contributed by atoms with Crippen LogP contribution in [0, 0.1) is 10.1 Å². The number of carbonyl (C=O) groups excluding carboxylic acids is 2. The average molecular weight is 315 g/mol. The van der Waals surface area contributed by atoms with Crippen molar-refractivity contribution in [1.29, 1.82) is 0 Å². The maximum absolute atomic E-state index is 12.2. The summed E-state index contributed by atoms with van der Waals surface area (Å²) in [5.74, 6) is -1.01. The zero-order chi connectivity index (χ0) is 16.0. The fraction of sp³-hybridized carbons (Fsp3) is 0.417. The first kappa shape index (κ1) is 16.8. The van der Waals surface area contributed by atoms with Gasteiger partial charge >= 0.3 is 0 Å². The standard InChI is InChI=1S/C12H15ClN4O4/c1-3-4-14-11(18)7-16(2)12(19)8-5-10(13)15-6-9(8)17(20)21/h5-6H,3-4,7H2,1-2H3,(H,14,18). The summed E-state index contributed by atoms with van der Waals surface area (Å²) in [4.78, 5) is 38.6. The minimum Gasteiger partial charge on any atom is -0.355 e. The van der Waals surface area contributed by atoms with Gasteiger partial charge in [-0.25, -0.2) is 4.98 Å². The topological polar surface area (TPSA) is 105 Å². The van der Waals surface area contributed by atoms with Gasteiger partial charge in [-0.15, -0.1) is 0 Å². The molecule has 1 aromatic heterocycles. The van der Waals surface area contributed by atoms with Crippen molar-refractivity contribution in [3.05, 3.63) is 33.1 Å². The Bertz CT molecular complexity index is 564. The van der Waals surface area contributed by atoms with Crippen LogP contribution < -0.4 is 5.32 Å². The fourth-order valence-corrected chi connectivity index (χ4v) is 1.71. The molecule has 0 unspecified atom stereocenters. The Morgan fingerprint density at radius 2 is 2.19 bits per heavy atom. The molecule has 1 aromatic rings.